The van der Waals surface area contributed by atoms with Gasteiger partial charge in [0.15, 0.2) is 0 Å². The monoisotopic (exact) mass is 251 g/mol. The standard InChI is InChI=1S/C12H17N3O3/c1-4-7(2)10(12(17)18)15-11(16)9-6-13-8(3)5-14-9/h5-7,10H,4H2,1-3H3,(H,15,16)(H,17,18)/t7?,10-/m0/s1. The van der Waals surface area contributed by atoms with E-state index in [9.17, 15) is 9.59 Å². The minimum Gasteiger partial charge on any atom is -0.480 e. The van der Waals surface area contributed by atoms with Crippen molar-refractivity contribution < 1.29 is 14.7 Å². The zero-order valence-corrected chi connectivity index (χ0v) is 10.7. The van der Waals surface area contributed by atoms with Crippen LogP contribution in [0.4, 0.5) is 0 Å². The Morgan fingerprint density at radius 1 is 1.39 bits per heavy atom. The second-order valence-corrected chi connectivity index (χ2v) is 4.22. The normalized spacial score (nSPS) is 13.7. The number of hydrogen-bond acceptors (Lipinski definition) is 4. The lowest BCUT2D eigenvalue weighted by atomic mass is 9.99. The highest BCUT2D eigenvalue weighted by atomic mass is 16.4. The van der Waals surface area contributed by atoms with Crippen molar-refractivity contribution in [3.05, 3.63) is 23.8 Å². The molecule has 1 amide bonds. The zero-order chi connectivity index (χ0) is 13.7. The van der Waals surface area contributed by atoms with Crippen molar-refractivity contribution >= 4 is 11.9 Å². The highest BCUT2D eigenvalue weighted by Gasteiger charge is 2.26. The van der Waals surface area contributed by atoms with Crippen molar-refractivity contribution in [1.82, 2.24) is 15.3 Å². The lowest BCUT2D eigenvalue weighted by Crippen LogP contribution is -2.45. The van der Waals surface area contributed by atoms with Crippen LogP contribution in [0, 0.1) is 12.8 Å². The Morgan fingerprint density at radius 2 is 2.06 bits per heavy atom. The van der Waals surface area contributed by atoms with Gasteiger partial charge < -0.3 is 10.4 Å². The van der Waals surface area contributed by atoms with Gasteiger partial charge in [-0.05, 0) is 12.8 Å². The second kappa shape index (κ2) is 6.09. The van der Waals surface area contributed by atoms with Crippen LogP contribution in [0.5, 0.6) is 0 Å². The summed E-state index contributed by atoms with van der Waals surface area (Å²) in [6.45, 7) is 5.41. The van der Waals surface area contributed by atoms with Gasteiger partial charge in [-0.1, -0.05) is 20.3 Å². The summed E-state index contributed by atoms with van der Waals surface area (Å²) in [7, 11) is 0. The van der Waals surface area contributed by atoms with Crippen LogP contribution < -0.4 is 5.32 Å². The molecule has 0 radical (unpaired) electrons. The fourth-order valence-electron chi connectivity index (χ4n) is 1.41. The first-order chi connectivity index (χ1) is 8.45. The smallest absolute Gasteiger partial charge is 0.326 e. The molecule has 0 spiro atoms. The third-order valence-corrected chi connectivity index (χ3v) is 2.78. The maximum Gasteiger partial charge on any atom is 0.326 e. The SMILES string of the molecule is CCC(C)[C@H](NC(=O)c1cnc(C)cn1)C(=O)O. The Bertz CT molecular complexity index is 431. The highest BCUT2D eigenvalue weighted by molar-refractivity contribution is 5.94. The summed E-state index contributed by atoms with van der Waals surface area (Å²) >= 11 is 0. The molecular formula is C12H17N3O3. The minimum absolute atomic E-state index is 0.121. The van der Waals surface area contributed by atoms with E-state index < -0.39 is 17.9 Å². The van der Waals surface area contributed by atoms with E-state index in [4.69, 9.17) is 5.11 Å². The molecule has 1 aromatic heterocycles. The minimum atomic E-state index is -1.04. The lowest BCUT2D eigenvalue weighted by molar-refractivity contribution is -0.140. The van der Waals surface area contributed by atoms with Crippen LogP contribution in [0.15, 0.2) is 12.4 Å². The van der Waals surface area contributed by atoms with Gasteiger partial charge in [-0.2, -0.15) is 0 Å². The first kappa shape index (κ1) is 14.1. The Balaban J connectivity index is 2.78. The molecule has 2 N–H and O–H groups in total. The number of rotatable bonds is 5. The fraction of sp³-hybridized carbons (Fsp3) is 0.500. The number of hydrogen-bond donors (Lipinski definition) is 2. The van der Waals surface area contributed by atoms with Crippen LogP contribution in [0.2, 0.25) is 0 Å². The molecule has 1 unspecified atom stereocenters. The largest absolute Gasteiger partial charge is 0.480 e. The van der Waals surface area contributed by atoms with Gasteiger partial charge >= 0.3 is 5.97 Å². The second-order valence-electron chi connectivity index (χ2n) is 4.22. The van der Waals surface area contributed by atoms with Gasteiger partial charge in [0, 0.05) is 6.20 Å². The van der Waals surface area contributed by atoms with Crippen molar-refractivity contribution in [3.63, 3.8) is 0 Å². The molecule has 0 aromatic carbocycles. The first-order valence-corrected chi connectivity index (χ1v) is 5.78. The Hall–Kier alpha value is -1.98. The van der Waals surface area contributed by atoms with Gasteiger partial charge in [-0.15, -0.1) is 0 Å². The first-order valence-electron chi connectivity index (χ1n) is 5.78. The number of aryl methyl sites for hydroxylation is 1. The van der Waals surface area contributed by atoms with Gasteiger partial charge in [-0.25, -0.2) is 9.78 Å². The summed E-state index contributed by atoms with van der Waals surface area (Å²) in [5.41, 5.74) is 0.818. The average molecular weight is 251 g/mol. The van der Waals surface area contributed by atoms with E-state index in [0.717, 1.165) is 0 Å². The van der Waals surface area contributed by atoms with E-state index in [0.29, 0.717) is 12.1 Å². The van der Waals surface area contributed by atoms with Crippen LogP contribution >= 0.6 is 0 Å². The lowest BCUT2D eigenvalue weighted by Gasteiger charge is -2.19. The Kier molecular flexibility index (Phi) is 4.76. The number of nitrogens with zero attached hydrogens (tertiary/aromatic N) is 2. The number of carbonyl (C=O) groups excluding carboxylic acids is 1. The molecule has 1 aromatic rings. The molecule has 2 atom stereocenters. The van der Waals surface area contributed by atoms with Gasteiger partial charge in [0.1, 0.15) is 11.7 Å². The molecule has 0 saturated heterocycles. The van der Waals surface area contributed by atoms with Gasteiger partial charge in [0.25, 0.3) is 5.91 Å². The maximum absolute atomic E-state index is 11.8. The van der Waals surface area contributed by atoms with E-state index in [1.54, 1.807) is 13.8 Å². The predicted octanol–water partition coefficient (Wildman–Crippen LogP) is 1.01. The van der Waals surface area contributed by atoms with Crippen molar-refractivity contribution in [3.8, 4) is 0 Å². The molecule has 0 aliphatic heterocycles. The molecule has 0 aliphatic rings. The van der Waals surface area contributed by atoms with E-state index >= 15 is 0 Å². The number of carboxylic acids is 1. The Morgan fingerprint density at radius 3 is 2.50 bits per heavy atom. The van der Waals surface area contributed by atoms with Gasteiger partial charge in [0.05, 0.1) is 11.9 Å². The third-order valence-electron chi connectivity index (χ3n) is 2.78. The Labute approximate surface area is 105 Å². The van der Waals surface area contributed by atoms with Gasteiger partial charge in [-0.3, -0.25) is 9.78 Å². The molecular weight excluding hydrogens is 234 g/mol. The quantitative estimate of drug-likeness (QED) is 0.815. The highest BCUT2D eigenvalue weighted by Crippen LogP contribution is 2.08. The summed E-state index contributed by atoms with van der Waals surface area (Å²) in [6.07, 6.45) is 3.46. The molecule has 1 rings (SSSR count). The van der Waals surface area contributed by atoms with E-state index in [1.807, 2.05) is 6.92 Å². The molecule has 0 aliphatic carbocycles. The average Bonchev–Trinajstić information content (AvgIpc) is 2.35. The number of nitrogens with one attached hydrogen (secondary N) is 1. The summed E-state index contributed by atoms with van der Waals surface area (Å²) in [4.78, 5) is 30.7. The molecule has 1 heterocycles. The molecule has 18 heavy (non-hydrogen) atoms. The van der Waals surface area contributed by atoms with Crippen LogP contribution in [0.3, 0.4) is 0 Å². The van der Waals surface area contributed by atoms with Gasteiger partial charge in [0.2, 0.25) is 0 Å². The summed E-state index contributed by atoms with van der Waals surface area (Å²) in [6, 6.07) is -0.911. The third kappa shape index (κ3) is 3.51. The van der Waals surface area contributed by atoms with Crippen LogP contribution in [-0.4, -0.2) is 33.0 Å². The topological polar surface area (TPSA) is 92.2 Å². The molecule has 6 heteroatoms. The number of amides is 1. The summed E-state index contributed by atoms with van der Waals surface area (Å²) < 4.78 is 0. The van der Waals surface area contributed by atoms with Crippen LogP contribution in [0.25, 0.3) is 0 Å². The molecule has 98 valence electrons. The van der Waals surface area contributed by atoms with Crippen molar-refractivity contribution in [2.24, 2.45) is 5.92 Å². The molecule has 0 saturated carbocycles. The molecule has 6 nitrogen and oxygen atoms in total. The van der Waals surface area contributed by atoms with Crippen molar-refractivity contribution in [2.75, 3.05) is 0 Å². The zero-order valence-electron chi connectivity index (χ0n) is 10.7. The number of aliphatic carboxylic acids is 1. The predicted molar refractivity (Wildman–Crippen MR) is 65.1 cm³/mol. The van der Waals surface area contributed by atoms with Crippen molar-refractivity contribution in [2.45, 2.75) is 33.2 Å². The molecule has 0 fully saturated rings. The number of carboxylic acid groups (broad SMARTS) is 1. The summed E-state index contributed by atoms with van der Waals surface area (Å²) in [5, 5.41) is 11.5. The maximum atomic E-state index is 11.8. The van der Waals surface area contributed by atoms with E-state index in [1.165, 1.54) is 12.4 Å². The molecule has 0 bridgehead atoms. The fourth-order valence-corrected chi connectivity index (χ4v) is 1.41. The summed E-state index contributed by atoms with van der Waals surface area (Å²) in [5.74, 6) is -1.71. The number of carbonyl (C=O) groups is 2. The number of aromatic nitrogens is 2. The van der Waals surface area contributed by atoms with E-state index in [2.05, 4.69) is 15.3 Å². The van der Waals surface area contributed by atoms with Crippen LogP contribution in [0.1, 0.15) is 36.5 Å². The van der Waals surface area contributed by atoms with Crippen LogP contribution in [-0.2, 0) is 4.79 Å². The van der Waals surface area contributed by atoms with Crippen molar-refractivity contribution in [1.29, 1.82) is 0 Å². The van der Waals surface area contributed by atoms with E-state index in [-0.39, 0.29) is 11.6 Å².